The van der Waals surface area contributed by atoms with Crippen molar-refractivity contribution in [3.63, 3.8) is 0 Å². The summed E-state index contributed by atoms with van der Waals surface area (Å²) < 4.78 is 5.02. The Kier molecular flexibility index (Phi) is 6.20. The van der Waals surface area contributed by atoms with Crippen molar-refractivity contribution < 1.29 is 14.3 Å². The van der Waals surface area contributed by atoms with Gasteiger partial charge in [-0.05, 0) is 44.7 Å². The van der Waals surface area contributed by atoms with Crippen LogP contribution in [-0.2, 0) is 4.74 Å². The number of benzene rings is 1. The van der Waals surface area contributed by atoms with Gasteiger partial charge in [0.2, 0.25) is 0 Å². The number of carbonyl (C=O) groups excluding carboxylic acids is 2. The zero-order valence-corrected chi connectivity index (χ0v) is 15.4. The van der Waals surface area contributed by atoms with E-state index >= 15 is 0 Å². The molecule has 0 spiro atoms. The second-order valence-electron chi connectivity index (χ2n) is 6.77. The van der Waals surface area contributed by atoms with Crippen LogP contribution in [0.25, 0.3) is 0 Å². The number of hydrogen-bond donors (Lipinski definition) is 2. The number of urea groups is 1. The van der Waals surface area contributed by atoms with E-state index in [2.05, 4.69) is 21.6 Å². The van der Waals surface area contributed by atoms with Crippen molar-refractivity contribution in [2.24, 2.45) is 0 Å². The fourth-order valence-electron chi connectivity index (χ4n) is 3.58. The maximum atomic E-state index is 12.4. The largest absolute Gasteiger partial charge is 0.450 e. The average Bonchev–Trinajstić information content (AvgIpc) is 3.17. The minimum absolute atomic E-state index is 0.0691. The summed E-state index contributed by atoms with van der Waals surface area (Å²) in [6, 6.07) is 7.82. The first-order valence-electron chi connectivity index (χ1n) is 9.50. The van der Waals surface area contributed by atoms with E-state index in [0.717, 1.165) is 37.3 Å². The van der Waals surface area contributed by atoms with Gasteiger partial charge >= 0.3 is 12.1 Å². The maximum Gasteiger partial charge on any atom is 0.409 e. The van der Waals surface area contributed by atoms with Crippen molar-refractivity contribution in [1.29, 1.82) is 0 Å². The van der Waals surface area contributed by atoms with E-state index in [1.807, 2.05) is 18.2 Å². The molecule has 7 heteroatoms. The van der Waals surface area contributed by atoms with E-state index in [9.17, 15) is 9.59 Å². The Morgan fingerprint density at radius 1 is 1.12 bits per heavy atom. The van der Waals surface area contributed by atoms with Crippen molar-refractivity contribution in [2.45, 2.75) is 38.6 Å². The lowest BCUT2D eigenvalue weighted by Gasteiger charge is -2.31. The fourth-order valence-corrected chi connectivity index (χ4v) is 3.58. The van der Waals surface area contributed by atoms with Crippen LogP contribution in [0, 0.1) is 0 Å². The molecule has 26 heavy (non-hydrogen) atoms. The molecule has 2 aliphatic heterocycles. The summed E-state index contributed by atoms with van der Waals surface area (Å²) in [4.78, 5) is 28.2. The van der Waals surface area contributed by atoms with E-state index in [0.29, 0.717) is 19.7 Å². The van der Waals surface area contributed by atoms with Gasteiger partial charge in [-0.25, -0.2) is 9.59 Å². The number of hydrogen-bond acceptors (Lipinski definition) is 4. The second kappa shape index (κ2) is 8.78. The molecule has 0 bridgehead atoms. The van der Waals surface area contributed by atoms with Gasteiger partial charge < -0.3 is 25.2 Å². The zero-order chi connectivity index (χ0) is 18.4. The highest BCUT2D eigenvalue weighted by Gasteiger charge is 2.25. The van der Waals surface area contributed by atoms with Crippen LogP contribution < -0.4 is 15.5 Å². The minimum atomic E-state index is -0.269. The quantitative estimate of drug-likeness (QED) is 0.866. The number of amides is 3. The minimum Gasteiger partial charge on any atom is -0.450 e. The molecule has 2 fully saturated rings. The van der Waals surface area contributed by atoms with E-state index in [1.54, 1.807) is 11.8 Å². The number of carbonyl (C=O) groups is 2. The SMILES string of the molecule is CCOC(=O)N1CCC(NC(=O)Nc2ccccc2N2CCCC2)CC1. The van der Waals surface area contributed by atoms with E-state index in [1.165, 1.54) is 12.8 Å². The standard InChI is InChI=1S/C19H28N4O3/c1-2-26-19(25)23-13-9-15(10-14-23)20-18(24)21-16-7-3-4-8-17(16)22-11-5-6-12-22/h3-4,7-8,15H,2,5-6,9-14H2,1H3,(H2,20,21,24). The molecule has 2 N–H and O–H groups in total. The number of anilines is 2. The molecule has 0 aromatic heterocycles. The van der Waals surface area contributed by atoms with Crippen molar-refractivity contribution in [3.05, 3.63) is 24.3 Å². The van der Waals surface area contributed by atoms with Crippen molar-refractivity contribution in [3.8, 4) is 0 Å². The number of piperidine rings is 1. The monoisotopic (exact) mass is 360 g/mol. The molecule has 0 saturated carbocycles. The molecule has 0 unspecified atom stereocenters. The van der Waals surface area contributed by atoms with Crippen LogP contribution in [0.2, 0.25) is 0 Å². The highest BCUT2D eigenvalue weighted by Crippen LogP contribution is 2.28. The van der Waals surface area contributed by atoms with Gasteiger partial charge in [0, 0.05) is 32.2 Å². The molecule has 3 amide bonds. The molecular formula is C19H28N4O3. The Morgan fingerprint density at radius 3 is 2.50 bits per heavy atom. The fraction of sp³-hybridized carbons (Fsp3) is 0.579. The normalized spacial score (nSPS) is 17.9. The molecule has 1 aromatic rings. The van der Waals surface area contributed by atoms with Crippen LogP contribution in [0.1, 0.15) is 32.6 Å². The summed E-state index contributed by atoms with van der Waals surface area (Å²) in [7, 11) is 0. The summed E-state index contributed by atoms with van der Waals surface area (Å²) in [6.45, 7) is 5.47. The Balaban J connectivity index is 1.50. The van der Waals surface area contributed by atoms with Crippen molar-refractivity contribution in [2.75, 3.05) is 43.0 Å². The molecule has 142 valence electrons. The highest BCUT2D eigenvalue weighted by molar-refractivity contribution is 5.93. The van der Waals surface area contributed by atoms with Crippen LogP contribution in [0.4, 0.5) is 21.0 Å². The third kappa shape index (κ3) is 4.59. The predicted octanol–water partition coefficient (Wildman–Crippen LogP) is 3.03. The molecule has 2 saturated heterocycles. The van der Waals surface area contributed by atoms with Crippen LogP contribution in [0.5, 0.6) is 0 Å². The first kappa shape index (κ1) is 18.4. The molecule has 7 nitrogen and oxygen atoms in total. The van der Waals surface area contributed by atoms with Gasteiger partial charge in [-0.15, -0.1) is 0 Å². The smallest absolute Gasteiger partial charge is 0.409 e. The van der Waals surface area contributed by atoms with Crippen molar-refractivity contribution >= 4 is 23.5 Å². The van der Waals surface area contributed by atoms with Crippen LogP contribution in [-0.4, -0.2) is 55.9 Å². The van der Waals surface area contributed by atoms with Crippen LogP contribution in [0.3, 0.4) is 0 Å². The van der Waals surface area contributed by atoms with Gasteiger partial charge in [0.15, 0.2) is 0 Å². The average molecular weight is 360 g/mol. The van der Waals surface area contributed by atoms with Gasteiger partial charge in [-0.2, -0.15) is 0 Å². The summed E-state index contributed by atoms with van der Waals surface area (Å²) in [5.74, 6) is 0. The third-order valence-electron chi connectivity index (χ3n) is 4.96. The number of likely N-dealkylation sites (tertiary alicyclic amines) is 1. The molecule has 2 heterocycles. The Hall–Kier alpha value is -2.44. The number of rotatable bonds is 4. The van der Waals surface area contributed by atoms with Gasteiger partial charge in [-0.3, -0.25) is 0 Å². The summed E-state index contributed by atoms with van der Waals surface area (Å²) >= 11 is 0. The van der Waals surface area contributed by atoms with Gasteiger partial charge in [0.1, 0.15) is 0 Å². The zero-order valence-electron chi connectivity index (χ0n) is 15.4. The lowest BCUT2D eigenvalue weighted by molar-refractivity contribution is 0.0959. The molecule has 3 rings (SSSR count). The number of ether oxygens (including phenoxy) is 1. The Morgan fingerprint density at radius 2 is 1.81 bits per heavy atom. The first-order valence-corrected chi connectivity index (χ1v) is 9.50. The Labute approximate surface area is 154 Å². The van der Waals surface area contributed by atoms with E-state index in [4.69, 9.17) is 4.74 Å². The molecule has 0 aliphatic carbocycles. The molecule has 2 aliphatic rings. The highest BCUT2D eigenvalue weighted by atomic mass is 16.6. The van der Waals surface area contributed by atoms with Crippen LogP contribution in [0.15, 0.2) is 24.3 Å². The van der Waals surface area contributed by atoms with Gasteiger partial charge in [0.25, 0.3) is 0 Å². The summed E-state index contributed by atoms with van der Waals surface area (Å²) in [5.41, 5.74) is 1.92. The van der Waals surface area contributed by atoms with E-state index in [-0.39, 0.29) is 18.2 Å². The van der Waals surface area contributed by atoms with Crippen LogP contribution >= 0.6 is 0 Å². The molecule has 0 atom stereocenters. The molecule has 0 radical (unpaired) electrons. The number of nitrogens with one attached hydrogen (secondary N) is 2. The molecule has 1 aromatic carbocycles. The predicted molar refractivity (Wildman–Crippen MR) is 102 cm³/mol. The summed E-state index contributed by atoms with van der Waals surface area (Å²) in [6.07, 6.45) is 3.59. The topological polar surface area (TPSA) is 73.9 Å². The van der Waals surface area contributed by atoms with Gasteiger partial charge in [-0.1, -0.05) is 12.1 Å². The summed E-state index contributed by atoms with van der Waals surface area (Å²) in [5, 5.41) is 6.02. The first-order chi connectivity index (χ1) is 12.7. The lowest BCUT2D eigenvalue weighted by Crippen LogP contribution is -2.47. The second-order valence-corrected chi connectivity index (χ2v) is 6.77. The maximum absolute atomic E-state index is 12.4. The van der Waals surface area contributed by atoms with Crippen molar-refractivity contribution in [1.82, 2.24) is 10.2 Å². The van der Waals surface area contributed by atoms with E-state index < -0.39 is 0 Å². The lowest BCUT2D eigenvalue weighted by atomic mass is 10.1. The number of para-hydroxylation sites is 2. The number of nitrogens with zero attached hydrogens (tertiary/aromatic N) is 2. The third-order valence-corrected chi connectivity index (χ3v) is 4.96. The Bertz CT molecular complexity index is 623. The molecular weight excluding hydrogens is 332 g/mol. The van der Waals surface area contributed by atoms with Gasteiger partial charge in [0.05, 0.1) is 18.0 Å².